The largest absolute Gasteiger partial charge is 0.465 e. The van der Waals surface area contributed by atoms with Crippen LogP contribution in [0.3, 0.4) is 0 Å². The predicted molar refractivity (Wildman–Crippen MR) is 48.9 cm³/mol. The third kappa shape index (κ3) is 2.67. The van der Waals surface area contributed by atoms with Crippen LogP contribution < -0.4 is 5.32 Å². The van der Waals surface area contributed by atoms with Gasteiger partial charge in [0.15, 0.2) is 5.82 Å². The van der Waals surface area contributed by atoms with Gasteiger partial charge in [0.2, 0.25) is 0 Å². The lowest BCUT2D eigenvalue weighted by molar-refractivity contribution is 0.0687. The Bertz CT molecular complexity index is 329. The van der Waals surface area contributed by atoms with Crippen LogP contribution >= 0.6 is 0 Å². The molecule has 0 radical (unpaired) electrons. The number of rotatable bonds is 2. The average molecular weight is 197 g/mol. The van der Waals surface area contributed by atoms with Crippen molar-refractivity contribution < 1.29 is 15.0 Å². The third-order valence-corrected chi connectivity index (χ3v) is 1.45. The lowest BCUT2D eigenvalue weighted by Crippen LogP contribution is -2.19. The van der Waals surface area contributed by atoms with E-state index in [9.17, 15) is 9.90 Å². The molecule has 0 aliphatic rings. The van der Waals surface area contributed by atoms with E-state index in [1.54, 1.807) is 13.8 Å². The molecule has 0 aliphatic heterocycles. The first-order valence-corrected chi connectivity index (χ1v) is 3.94. The molecular weight excluding hydrogens is 186 g/mol. The van der Waals surface area contributed by atoms with Gasteiger partial charge in [-0.15, -0.1) is 0 Å². The number of nitrogens with zero attached hydrogens (tertiary/aromatic N) is 2. The molecule has 0 saturated heterocycles. The van der Waals surface area contributed by atoms with Gasteiger partial charge in [0.25, 0.3) is 0 Å². The maximum absolute atomic E-state index is 10.2. The first-order chi connectivity index (χ1) is 6.39. The normalized spacial score (nSPS) is 11.1. The Hall–Kier alpha value is -1.69. The number of anilines is 1. The van der Waals surface area contributed by atoms with Gasteiger partial charge in [-0.1, -0.05) is 0 Å². The average Bonchev–Trinajstić information content (AvgIpc) is 2.02. The van der Waals surface area contributed by atoms with E-state index < -0.39 is 11.7 Å². The van der Waals surface area contributed by atoms with Crippen molar-refractivity contribution in [1.82, 2.24) is 9.97 Å². The zero-order valence-electron chi connectivity index (χ0n) is 7.85. The van der Waals surface area contributed by atoms with Crippen LogP contribution in [0.4, 0.5) is 10.5 Å². The van der Waals surface area contributed by atoms with Gasteiger partial charge in [-0.25, -0.2) is 14.8 Å². The third-order valence-electron chi connectivity index (χ3n) is 1.45. The molecule has 0 atom stereocenters. The second-order valence-electron chi connectivity index (χ2n) is 3.28. The highest BCUT2D eigenvalue weighted by Crippen LogP contribution is 2.15. The Kier molecular flexibility index (Phi) is 2.66. The first kappa shape index (κ1) is 10.4. The number of amides is 1. The number of hydrogen-bond acceptors (Lipinski definition) is 4. The minimum Gasteiger partial charge on any atom is -0.465 e. The van der Waals surface area contributed by atoms with Crippen molar-refractivity contribution >= 4 is 11.8 Å². The van der Waals surface area contributed by atoms with Crippen LogP contribution in [0.1, 0.15) is 19.7 Å². The molecule has 0 bridgehead atoms. The van der Waals surface area contributed by atoms with Crippen LogP contribution in [-0.2, 0) is 5.60 Å². The highest BCUT2D eigenvalue weighted by molar-refractivity contribution is 5.82. The molecule has 1 aromatic rings. The number of carboxylic acid groups (broad SMARTS) is 1. The van der Waals surface area contributed by atoms with Crippen molar-refractivity contribution in [3.8, 4) is 0 Å². The zero-order valence-corrected chi connectivity index (χ0v) is 7.85. The number of aromatic nitrogens is 2. The smallest absolute Gasteiger partial charge is 0.409 e. The second kappa shape index (κ2) is 3.59. The summed E-state index contributed by atoms with van der Waals surface area (Å²) in [5.74, 6) is 0.244. The van der Waals surface area contributed by atoms with Crippen LogP contribution in [0.25, 0.3) is 0 Å². The molecule has 0 spiro atoms. The lowest BCUT2D eigenvalue weighted by atomic mass is 10.1. The molecule has 1 rings (SSSR count). The molecule has 1 aromatic heterocycles. The topological polar surface area (TPSA) is 95.3 Å². The predicted octanol–water partition coefficient (Wildman–Crippen LogP) is 0.794. The maximum Gasteiger partial charge on any atom is 0.409 e. The summed E-state index contributed by atoms with van der Waals surface area (Å²) in [7, 11) is 0. The summed E-state index contributed by atoms with van der Waals surface area (Å²) in [6.07, 6.45) is 1.42. The molecular formula is C8H11N3O3. The maximum atomic E-state index is 10.2. The second-order valence-corrected chi connectivity index (χ2v) is 3.28. The number of hydrogen-bond donors (Lipinski definition) is 3. The monoisotopic (exact) mass is 197 g/mol. The van der Waals surface area contributed by atoms with E-state index in [1.807, 2.05) is 0 Å². The van der Waals surface area contributed by atoms with Crippen molar-refractivity contribution in [2.24, 2.45) is 0 Å². The van der Waals surface area contributed by atoms with E-state index in [0.717, 1.165) is 0 Å². The quantitative estimate of drug-likeness (QED) is 0.651. The summed E-state index contributed by atoms with van der Waals surface area (Å²) in [5.41, 5.74) is -0.854. The molecule has 0 aliphatic carbocycles. The van der Waals surface area contributed by atoms with Gasteiger partial charge >= 0.3 is 6.09 Å². The first-order valence-electron chi connectivity index (χ1n) is 3.94. The summed E-state index contributed by atoms with van der Waals surface area (Å²) in [4.78, 5) is 17.9. The molecule has 0 unspecified atom stereocenters. The molecule has 14 heavy (non-hydrogen) atoms. The van der Waals surface area contributed by atoms with Gasteiger partial charge in [-0.05, 0) is 13.8 Å². The Labute approximate surface area is 80.6 Å². The minimum atomic E-state index is -1.18. The van der Waals surface area contributed by atoms with E-state index in [1.165, 1.54) is 12.4 Å². The fourth-order valence-electron chi connectivity index (χ4n) is 0.832. The molecule has 6 nitrogen and oxygen atoms in total. The Morgan fingerprint density at radius 1 is 1.43 bits per heavy atom. The van der Waals surface area contributed by atoms with Gasteiger partial charge in [0.05, 0.1) is 18.1 Å². The number of aliphatic hydroxyl groups is 1. The van der Waals surface area contributed by atoms with Crippen LogP contribution in [0.5, 0.6) is 0 Å². The Morgan fingerprint density at radius 2 is 1.93 bits per heavy atom. The van der Waals surface area contributed by atoms with Gasteiger partial charge < -0.3 is 10.2 Å². The van der Waals surface area contributed by atoms with Gasteiger partial charge in [-0.3, -0.25) is 5.32 Å². The summed E-state index contributed by atoms with van der Waals surface area (Å²) in [6.45, 7) is 3.10. The van der Waals surface area contributed by atoms with Crippen molar-refractivity contribution in [1.29, 1.82) is 0 Å². The van der Waals surface area contributed by atoms with E-state index >= 15 is 0 Å². The Balaban J connectivity index is 2.84. The molecule has 6 heteroatoms. The summed E-state index contributed by atoms with van der Waals surface area (Å²) in [5, 5.41) is 20.0. The van der Waals surface area contributed by atoms with Crippen LogP contribution in [0, 0.1) is 0 Å². The highest BCUT2D eigenvalue weighted by Gasteiger charge is 2.18. The summed E-state index contributed by atoms with van der Waals surface area (Å²) in [6, 6.07) is 0. The fourth-order valence-corrected chi connectivity index (χ4v) is 0.832. The van der Waals surface area contributed by atoms with Crippen LogP contribution in [0.2, 0.25) is 0 Å². The SMILES string of the molecule is CC(C)(O)c1ncc(NC(=O)O)cn1. The summed E-state index contributed by atoms with van der Waals surface area (Å²) >= 11 is 0. The van der Waals surface area contributed by atoms with Gasteiger partial charge in [-0.2, -0.15) is 0 Å². The molecule has 1 heterocycles. The van der Waals surface area contributed by atoms with Crippen molar-refractivity contribution in [3.63, 3.8) is 0 Å². The molecule has 0 saturated carbocycles. The number of nitrogens with one attached hydrogen (secondary N) is 1. The molecule has 3 N–H and O–H groups in total. The lowest BCUT2D eigenvalue weighted by Gasteiger charge is -2.14. The van der Waals surface area contributed by atoms with Crippen molar-refractivity contribution in [2.45, 2.75) is 19.4 Å². The fraction of sp³-hybridized carbons (Fsp3) is 0.375. The van der Waals surface area contributed by atoms with Crippen LogP contribution in [-0.4, -0.2) is 26.3 Å². The van der Waals surface area contributed by atoms with Crippen molar-refractivity contribution in [3.05, 3.63) is 18.2 Å². The van der Waals surface area contributed by atoms with E-state index in [-0.39, 0.29) is 11.5 Å². The minimum absolute atomic E-state index is 0.244. The standard InChI is InChI=1S/C8H11N3O3/c1-8(2,14)6-9-3-5(4-10-6)11-7(12)13/h3-4,11,14H,1-2H3,(H,12,13). The highest BCUT2D eigenvalue weighted by atomic mass is 16.4. The molecule has 0 aromatic carbocycles. The van der Waals surface area contributed by atoms with Gasteiger partial charge in [0.1, 0.15) is 5.60 Å². The van der Waals surface area contributed by atoms with E-state index in [2.05, 4.69) is 15.3 Å². The Morgan fingerprint density at radius 3 is 2.29 bits per heavy atom. The van der Waals surface area contributed by atoms with E-state index in [4.69, 9.17) is 5.11 Å². The van der Waals surface area contributed by atoms with Crippen molar-refractivity contribution in [2.75, 3.05) is 5.32 Å². The summed E-state index contributed by atoms with van der Waals surface area (Å²) < 4.78 is 0. The number of carbonyl (C=O) groups is 1. The molecule has 1 amide bonds. The molecule has 0 fully saturated rings. The van der Waals surface area contributed by atoms with Crippen LogP contribution in [0.15, 0.2) is 12.4 Å². The van der Waals surface area contributed by atoms with E-state index in [0.29, 0.717) is 0 Å². The molecule has 76 valence electrons. The van der Waals surface area contributed by atoms with Gasteiger partial charge in [0, 0.05) is 0 Å². The zero-order chi connectivity index (χ0) is 10.8.